The molecule has 3 rings (SSSR count). The number of amides is 1. The Morgan fingerprint density at radius 3 is 2.41 bits per heavy atom. The zero-order valence-corrected chi connectivity index (χ0v) is 18.2. The Labute approximate surface area is 190 Å². The van der Waals surface area contributed by atoms with Gasteiger partial charge in [-0.1, -0.05) is 23.7 Å². The number of hydrogen-bond donors (Lipinski definition) is 2. The molecule has 0 spiro atoms. The van der Waals surface area contributed by atoms with Crippen molar-refractivity contribution in [2.45, 2.75) is 0 Å². The lowest BCUT2D eigenvalue weighted by Crippen LogP contribution is -2.23. The van der Waals surface area contributed by atoms with Crippen molar-refractivity contribution < 1.29 is 18.7 Å². The zero-order chi connectivity index (χ0) is 23.1. The highest BCUT2D eigenvalue weighted by Gasteiger charge is 2.17. The normalized spacial score (nSPS) is 11.8. The van der Waals surface area contributed by atoms with Crippen molar-refractivity contribution in [2.24, 2.45) is 10.7 Å². The number of rotatable bonds is 7. The molecule has 0 atom stereocenters. The molecule has 0 aliphatic carbocycles. The van der Waals surface area contributed by atoms with Gasteiger partial charge in [0.05, 0.1) is 12.8 Å². The summed E-state index contributed by atoms with van der Waals surface area (Å²) in [5, 5.41) is 3.26. The zero-order valence-electron chi connectivity index (χ0n) is 17.4. The van der Waals surface area contributed by atoms with Gasteiger partial charge >= 0.3 is 0 Å². The number of carbonyl (C=O) groups is 1. The third kappa shape index (κ3) is 5.65. The summed E-state index contributed by atoms with van der Waals surface area (Å²) >= 11 is 5.88. The fraction of sp³-hybridized carbons (Fsp3) is 0.0833. The minimum absolute atomic E-state index is 0.0586. The van der Waals surface area contributed by atoms with E-state index < -0.39 is 5.91 Å². The fourth-order valence-electron chi connectivity index (χ4n) is 2.88. The lowest BCUT2D eigenvalue weighted by Gasteiger charge is -2.13. The van der Waals surface area contributed by atoms with Crippen LogP contribution in [0.3, 0.4) is 0 Å². The largest absolute Gasteiger partial charge is 0.496 e. The summed E-state index contributed by atoms with van der Waals surface area (Å²) < 4.78 is 24.5. The van der Waals surface area contributed by atoms with Crippen LogP contribution < -0.4 is 20.5 Å². The fourth-order valence-corrected chi connectivity index (χ4v) is 3.01. The maximum absolute atomic E-state index is 13.5. The summed E-state index contributed by atoms with van der Waals surface area (Å²) in [5.41, 5.74) is 8.09. The van der Waals surface area contributed by atoms with Gasteiger partial charge in [0.25, 0.3) is 5.91 Å². The molecule has 0 aliphatic rings. The van der Waals surface area contributed by atoms with E-state index in [1.54, 1.807) is 54.6 Å². The Bertz CT molecular complexity index is 1160. The van der Waals surface area contributed by atoms with Gasteiger partial charge < -0.3 is 20.5 Å². The summed E-state index contributed by atoms with van der Waals surface area (Å²) in [6.07, 6.45) is 1.33. The Morgan fingerprint density at radius 1 is 1.09 bits per heavy atom. The van der Waals surface area contributed by atoms with Crippen LogP contribution in [-0.4, -0.2) is 26.3 Å². The minimum Gasteiger partial charge on any atom is -0.496 e. The summed E-state index contributed by atoms with van der Waals surface area (Å²) in [5.74, 6) is -0.264. The number of benzene rings is 3. The molecular formula is C24H21ClFN3O3. The van der Waals surface area contributed by atoms with Gasteiger partial charge in [-0.25, -0.2) is 4.39 Å². The predicted octanol–water partition coefficient (Wildman–Crippen LogP) is 5.04. The average molecular weight is 454 g/mol. The number of methoxy groups -OCH3 is 1. The molecule has 0 unspecified atom stereocenters. The van der Waals surface area contributed by atoms with Gasteiger partial charge in [0.15, 0.2) is 0 Å². The predicted molar refractivity (Wildman–Crippen MR) is 125 cm³/mol. The van der Waals surface area contributed by atoms with Crippen LogP contribution in [0.15, 0.2) is 83.2 Å². The van der Waals surface area contributed by atoms with Crippen LogP contribution in [0.4, 0.5) is 10.1 Å². The van der Waals surface area contributed by atoms with E-state index in [1.165, 1.54) is 32.5 Å². The highest BCUT2D eigenvalue weighted by Crippen LogP contribution is 2.32. The van der Waals surface area contributed by atoms with E-state index in [9.17, 15) is 9.18 Å². The maximum Gasteiger partial charge on any atom is 0.293 e. The molecule has 0 radical (unpaired) electrons. The second-order valence-electron chi connectivity index (χ2n) is 6.60. The Morgan fingerprint density at radius 2 is 1.78 bits per heavy atom. The van der Waals surface area contributed by atoms with E-state index in [0.717, 1.165) is 5.56 Å². The van der Waals surface area contributed by atoms with Crippen molar-refractivity contribution in [3.05, 3.63) is 89.0 Å². The summed E-state index contributed by atoms with van der Waals surface area (Å²) in [6.45, 7) is 0. The topological polar surface area (TPSA) is 85.9 Å². The van der Waals surface area contributed by atoms with Crippen LogP contribution in [0.2, 0.25) is 5.02 Å². The molecule has 0 saturated heterocycles. The number of nitrogens with two attached hydrogens (primary N) is 1. The van der Waals surface area contributed by atoms with Crippen molar-refractivity contribution in [2.75, 3.05) is 19.5 Å². The second-order valence-corrected chi connectivity index (χ2v) is 7.04. The van der Waals surface area contributed by atoms with Crippen molar-refractivity contribution in [3.63, 3.8) is 0 Å². The molecule has 8 heteroatoms. The highest BCUT2D eigenvalue weighted by atomic mass is 35.5. The number of nitrogens with one attached hydrogen (secondary N) is 1. The number of carbonyl (C=O) groups excluding carboxylic acids is 1. The Kier molecular flexibility index (Phi) is 7.46. The number of ether oxygens (including phenoxy) is 2. The molecule has 32 heavy (non-hydrogen) atoms. The quantitative estimate of drug-likeness (QED) is 0.298. The summed E-state index contributed by atoms with van der Waals surface area (Å²) in [6, 6.07) is 17.8. The Hall–Kier alpha value is -3.84. The highest BCUT2D eigenvalue weighted by molar-refractivity contribution is 6.30. The van der Waals surface area contributed by atoms with E-state index in [0.29, 0.717) is 27.8 Å². The van der Waals surface area contributed by atoms with E-state index in [1.807, 2.05) is 0 Å². The average Bonchev–Trinajstić information content (AvgIpc) is 2.79. The van der Waals surface area contributed by atoms with Crippen molar-refractivity contribution in [3.8, 4) is 22.6 Å². The molecule has 164 valence electrons. The van der Waals surface area contributed by atoms with Gasteiger partial charge in [-0.2, -0.15) is 0 Å². The number of nitrogens with zero attached hydrogens (tertiary/aromatic N) is 1. The van der Waals surface area contributed by atoms with Gasteiger partial charge in [0.2, 0.25) is 5.76 Å². The molecule has 0 saturated carbocycles. The molecule has 0 bridgehead atoms. The third-order valence-corrected chi connectivity index (χ3v) is 4.64. The maximum atomic E-state index is 13.5. The molecule has 0 aromatic heterocycles. The number of halogens is 2. The van der Waals surface area contributed by atoms with Crippen LogP contribution in [0.25, 0.3) is 11.1 Å². The second kappa shape index (κ2) is 10.5. The van der Waals surface area contributed by atoms with Crippen LogP contribution >= 0.6 is 11.6 Å². The molecule has 0 heterocycles. The molecule has 0 fully saturated rings. The molecule has 3 aromatic rings. The van der Waals surface area contributed by atoms with Crippen LogP contribution in [0, 0.1) is 5.82 Å². The van der Waals surface area contributed by atoms with E-state index in [-0.39, 0.29) is 17.3 Å². The molecular weight excluding hydrogens is 433 g/mol. The van der Waals surface area contributed by atoms with Gasteiger partial charge in [-0.3, -0.25) is 9.79 Å². The SMILES string of the molecule is CN=C/C(N)=C(/Oc1ccc(-c2ccc(F)cc2OC)cc1)C(=O)Nc1ccc(Cl)cc1. The van der Waals surface area contributed by atoms with Crippen LogP contribution in [0.1, 0.15) is 0 Å². The monoisotopic (exact) mass is 453 g/mol. The smallest absolute Gasteiger partial charge is 0.293 e. The van der Waals surface area contributed by atoms with E-state index >= 15 is 0 Å². The lowest BCUT2D eigenvalue weighted by atomic mass is 10.0. The third-order valence-electron chi connectivity index (χ3n) is 4.39. The first-order valence-electron chi connectivity index (χ1n) is 9.52. The molecule has 3 aromatic carbocycles. The number of allylic oxidation sites excluding steroid dienone is 1. The van der Waals surface area contributed by atoms with Crippen LogP contribution in [0.5, 0.6) is 11.5 Å². The van der Waals surface area contributed by atoms with Gasteiger partial charge in [0.1, 0.15) is 17.3 Å². The number of aliphatic imine (C=N–C) groups is 1. The molecule has 6 nitrogen and oxygen atoms in total. The van der Waals surface area contributed by atoms with E-state index in [2.05, 4.69) is 10.3 Å². The molecule has 3 N–H and O–H groups in total. The van der Waals surface area contributed by atoms with Crippen LogP contribution in [-0.2, 0) is 4.79 Å². The van der Waals surface area contributed by atoms with Crippen molar-refractivity contribution >= 4 is 29.4 Å². The number of anilines is 1. The first-order valence-corrected chi connectivity index (χ1v) is 9.89. The van der Waals surface area contributed by atoms with Gasteiger partial charge in [-0.15, -0.1) is 0 Å². The number of hydrogen-bond acceptors (Lipinski definition) is 5. The summed E-state index contributed by atoms with van der Waals surface area (Å²) in [7, 11) is 3.01. The molecule has 1 amide bonds. The summed E-state index contributed by atoms with van der Waals surface area (Å²) in [4.78, 5) is 16.7. The van der Waals surface area contributed by atoms with Crippen molar-refractivity contribution in [1.82, 2.24) is 0 Å². The van der Waals surface area contributed by atoms with Gasteiger partial charge in [-0.05, 0) is 54.1 Å². The Balaban J connectivity index is 1.84. The van der Waals surface area contributed by atoms with Gasteiger partial charge in [0, 0.05) is 35.6 Å². The minimum atomic E-state index is -0.547. The van der Waals surface area contributed by atoms with E-state index in [4.69, 9.17) is 26.8 Å². The van der Waals surface area contributed by atoms with Crippen molar-refractivity contribution in [1.29, 1.82) is 0 Å². The first kappa shape index (κ1) is 22.8. The standard InChI is InChI=1S/C24H21ClFN3O3/c1-28-14-21(27)23(24(30)29-18-8-5-16(25)6-9-18)32-19-10-3-15(4-11-19)20-12-7-17(26)13-22(20)31-2/h3-14H,27H2,1-2H3,(H,29,30)/b23-21-,28-14?. The molecule has 0 aliphatic heterocycles. The lowest BCUT2D eigenvalue weighted by molar-refractivity contribution is -0.114. The first-order chi connectivity index (χ1) is 15.4.